The van der Waals surface area contributed by atoms with Gasteiger partial charge in [0.1, 0.15) is 11.5 Å². The van der Waals surface area contributed by atoms with E-state index in [4.69, 9.17) is 4.74 Å². The summed E-state index contributed by atoms with van der Waals surface area (Å²) in [6, 6.07) is 14.4. The molecule has 0 heterocycles. The predicted molar refractivity (Wildman–Crippen MR) is 82.9 cm³/mol. The quantitative estimate of drug-likeness (QED) is 0.871. The average molecular weight is 320 g/mol. The van der Waals surface area contributed by atoms with Crippen molar-refractivity contribution in [2.45, 2.75) is 19.9 Å². The van der Waals surface area contributed by atoms with Gasteiger partial charge in [-0.05, 0) is 51.2 Å². The summed E-state index contributed by atoms with van der Waals surface area (Å²) < 4.78 is 7.04. The summed E-state index contributed by atoms with van der Waals surface area (Å²) in [7, 11) is 1.95. The summed E-state index contributed by atoms with van der Waals surface area (Å²) >= 11 is 3.51. The van der Waals surface area contributed by atoms with E-state index in [1.165, 1.54) is 5.56 Å². The second-order valence-electron chi connectivity index (χ2n) is 4.61. The number of halogens is 1. The van der Waals surface area contributed by atoms with Gasteiger partial charge in [0, 0.05) is 16.1 Å². The zero-order valence-electron chi connectivity index (χ0n) is 11.4. The summed E-state index contributed by atoms with van der Waals surface area (Å²) in [4.78, 5) is 0. The molecule has 2 aromatic rings. The Balaban J connectivity index is 2.31. The second kappa shape index (κ2) is 6.22. The molecule has 0 spiro atoms. The van der Waals surface area contributed by atoms with Crippen LogP contribution in [0.2, 0.25) is 0 Å². The van der Waals surface area contributed by atoms with E-state index in [-0.39, 0.29) is 6.04 Å². The fourth-order valence-corrected chi connectivity index (χ4v) is 2.22. The van der Waals surface area contributed by atoms with Crippen molar-refractivity contribution in [1.82, 2.24) is 5.32 Å². The number of benzene rings is 2. The molecule has 2 aromatic carbocycles. The molecule has 0 aromatic heterocycles. The summed E-state index contributed by atoms with van der Waals surface area (Å²) in [6.45, 7) is 4.18. The SMILES string of the molecule is CNC(C)c1cc(Br)ccc1Oc1ccc(C)cc1. The third-order valence-corrected chi connectivity index (χ3v) is 3.61. The molecule has 0 saturated carbocycles. The van der Waals surface area contributed by atoms with E-state index in [0.717, 1.165) is 21.5 Å². The molecule has 0 aliphatic rings. The van der Waals surface area contributed by atoms with Gasteiger partial charge in [0.25, 0.3) is 0 Å². The van der Waals surface area contributed by atoms with Gasteiger partial charge in [-0.15, -0.1) is 0 Å². The summed E-state index contributed by atoms with van der Waals surface area (Å²) in [5.74, 6) is 1.74. The first kappa shape index (κ1) is 14.1. The van der Waals surface area contributed by atoms with E-state index in [9.17, 15) is 0 Å². The molecule has 100 valence electrons. The van der Waals surface area contributed by atoms with E-state index < -0.39 is 0 Å². The zero-order chi connectivity index (χ0) is 13.8. The van der Waals surface area contributed by atoms with E-state index in [2.05, 4.69) is 53.3 Å². The minimum absolute atomic E-state index is 0.234. The molecule has 0 aliphatic carbocycles. The molecular weight excluding hydrogens is 302 g/mol. The second-order valence-corrected chi connectivity index (χ2v) is 5.52. The van der Waals surface area contributed by atoms with Gasteiger partial charge in [-0.25, -0.2) is 0 Å². The van der Waals surface area contributed by atoms with Gasteiger partial charge in [-0.1, -0.05) is 33.6 Å². The van der Waals surface area contributed by atoms with E-state index in [1.807, 2.05) is 31.3 Å². The lowest BCUT2D eigenvalue weighted by atomic mass is 10.1. The number of hydrogen-bond acceptors (Lipinski definition) is 2. The largest absolute Gasteiger partial charge is 0.457 e. The molecule has 1 atom stereocenters. The van der Waals surface area contributed by atoms with Crippen LogP contribution in [0.25, 0.3) is 0 Å². The van der Waals surface area contributed by atoms with Gasteiger partial charge in [-0.2, -0.15) is 0 Å². The third-order valence-electron chi connectivity index (χ3n) is 3.12. The molecule has 2 nitrogen and oxygen atoms in total. The lowest BCUT2D eigenvalue weighted by Gasteiger charge is -2.17. The van der Waals surface area contributed by atoms with Crippen molar-refractivity contribution in [2.24, 2.45) is 0 Å². The fraction of sp³-hybridized carbons (Fsp3) is 0.250. The monoisotopic (exact) mass is 319 g/mol. The molecular formula is C16H18BrNO. The number of aryl methyl sites for hydroxylation is 1. The van der Waals surface area contributed by atoms with Gasteiger partial charge in [0.15, 0.2) is 0 Å². The molecule has 0 amide bonds. The average Bonchev–Trinajstić information content (AvgIpc) is 2.42. The number of ether oxygens (including phenoxy) is 1. The molecule has 0 aliphatic heterocycles. The van der Waals surface area contributed by atoms with Crippen LogP contribution < -0.4 is 10.1 Å². The van der Waals surface area contributed by atoms with Crippen molar-refractivity contribution < 1.29 is 4.74 Å². The molecule has 1 unspecified atom stereocenters. The fourth-order valence-electron chi connectivity index (χ4n) is 1.84. The van der Waals surface area contributed by atoms with Crippen molar-refractivity contribution in [1.29, 1.82) is 0 Å². The normalized spacial score (nSPS) is 12.2. The van der Waals surface area contributed by atoms with Crippen molar-refractivity contribution in [2.75, 3.05) is 7.05 Å². The maximum Gasteiger partial charge on any atom is 0.132 e. The molecule has 2 rings (SSSR count). The summed E-state index contributed by atoms with van der Waals surface area (Å²) in [5.41, 5.74) is 2.37. The maximum atomic E-state index is 5.98. The predicted octanol–water partition coefficient (Wildman–Crippen LogP) is 4.83. The Hall–Kier alpha value is -1.32. The van der Waals surface area contributed by atoms with Crippen LogP contribution in [0.3, 0.4) is 0 Å². The Kier molecular flexibility index (Phi) is 4.61. The number of rotatable bonds is 4. The Morgan fingerprint density at radius 3 is 2.42 bits per heavy atom. The van der Waals surface area contributed by atoms with Crippen LogP contribution in [0.4, 0.5) is 0 Å². The molecule has 3 heteroatoms. The Bertz CT molecular complexity index is 551. The first-order chi connectivity index (χ1) is 9.10. The molecule has 0 radical (unpaired) electrons. The number of nitrogens with one attached hydrogen (secondary N) is 1. The lowest BCUT2D eigenvalue weighted by molar-refractivity contribution is 0.466. The Morgan fingerprint density at radius 2 is 1.79 bits per heavy atom. The van der Waals surface area contributed by atoms with Crippen LogP contribution >= 0.6 is 15.9 Å². The van der Waals surface area contributed by atoms with Gasteiger partial charge in [-0.3, -0.25) is 0 Å². The highest BCUT2D eigenvalue weighted by atomic mass is 79.9. The van der Waals surface area contributed by atoms with E-state index in [1.54, 1.807) is 0 Å². The molecule has 0 fully saturated rings. The van der Waals surface area contributed by atoms with Crippen molar-refractivity contribution in [3.05, 3.63) is 58.1 Å². The molecule has 1 N–H and O–H groups in total. The topological polar surface area (TPSA) is 21.3 Å². The summed E-state index contributed by atoms with van der Waals surface area (Å²) in [5, 5.41) is 3.24. The summed E-state index contributed by atoms with van der Waals surface area (Å²) in [6.07, 6.45) is 0. The van der Waals surface area contributed by atoms with Crippen molar-refractivity contribution >= 4 is 15.9 Å². The third kappa shape index (κ3) is 3.58. The van der Waals surface area contributed by atoms with Crippen LogP contribution in [-0.2, 0) is 0 Å². The maximum absolute atomic E-state index is 5.98. The van der Waals surface area contributed by atoms with E-state index >= 15 is 0 Å². The lowest BCUT2D eigenvalue weighted by Crippen LogP contribution is -2.13. The van der Waals surface area contributed by atoms with Crippen LogP contribution in [0.1, 0.15) is 24.1 Å². The van der Waals surface area contributed by atoms with Crippen LogP contribution in [0.5, 0.6) is 11.5 Å². The van der Waals surface area contributed by atoms with Crippen molar-refractivity contribution in [3.8, 4) is 11.5 Å². The highest BCUT2D eigenvalue weighted by Gasteiger charge is 2.11. The zero-order valence-corrected chi connectivity index (χ0v) is 13.0. The minimum atomic E-state index is 0.234. The Morgan fingerprint density at radius 1 is 1.11 bits per heavy atom. The van der Waals surface area contributed by atoms with Crippen LogP contribution in [0.15, 0.2) is 46.9 Å². The first-order valence-electron chi connectivity index (χ1n) is 6.31. The smallest absolute Gasteiger partial charge is 0.132 e. The van der Waals surface area contributed by atoms with Gasteiger partial charge in [0.05, 0.1) is 0 Å². The highest BCUT2D eigenvalue weighted by Crippen LogP contribution is 2.32. The number of hydrogen-bond donors (Lipinski definition) is 1. The minimum Gasteiger partial charge on any atom is -0.457 e. The molecule has 19 heavy (non-hydrogen) atoms. The highest BCUT2D eigenvalue weighted by molar-refractivity contribution is 9.10. The first-order valence-corrected chi connectivity index (χ1v) is 7.10. The molecule has 0 bridgehead atoms. The van der Waals surface area contributed by atoms with Gasteiger partial charge < -0.3 is 10.1 Å². The van der Waals surface area contributed by atoms with Crippen LogP contribution in [-0.4, -0.2) is 7.05 Å². The van der Waals surface area contributed by atoms with E-state index in [0.29, 0.717) is 0 Å². The van der Waals surface area contributed by atoms with Crippen molar-refractivity contribution in [3.63, 3.8) is 0 Å². The Labute approximate surface area is 122 Å². The standard InChI is InChI=1S/C16H18BrNO/c1-11-4-7-14(8-5-11)19-16-9-6-13(17)10-15(16)12(2)18-3/h4-10,12,18H,1-3H3. The van der Waals surface area contributed by atoms with Gasteiger partial charge in [0.2, 0.25) is 0 Å². The van der Waals surface area contributed by atoms with Gasteiger partial charge >= 0.3 is 0 Å². The van der Waals surface area contributed by atoms with Crippen LogP contribution in [0, 0.1) is 6.92 Å². The molecule has 0 saturated heterocycles.